The number of anilines is 1. The summed E-state index contributed by atoms with van der Waals surface area (Å²) in [5, 5.41) is 0. The predicted octanol–water partition coefficient (Wildman–Crippen LogP) is 2.46. The lowest BCUT2D eigenvalue weighted by molar-refractivity contribution is 0.508. The highest BCUT2D eigenvalue weighted by molar-refractivity contribution is 7.79. The SMILES string of the molecule is CN(C)c1c(CS)ccc(F)c1F. The summed E-state index contributed by atoms with van der Waals surface area (Å²) in [4.78, 5) is 1.55. The van der Waals surface area contributed by atoms with Crippen molar-refractivity contribution in [1.29, 1.82) is 0 Å². The van der Waals surface area contributed by atoms with E-state index in [1.54, 1.807) is 25.1 Å². The maximum atomic E-state index is 13.2. The topological polar surface area (TPSA) is 3.24 Å². The Morgan fingerprint density at radius 2 is 1.92 bits per heavy atom. The Bertz CT molecular complexity index is 313. The van der Waals surface area contributed by atoms with Crippen LogP contribution in [0.15, 0.2) is 12.1 Å². The smallest absolute Gasteiger partial charge is 0.182 e. The quantitative estimate of drug-likeness (QED) is 0.723. The molecule has 1 aromatic carbocycles. The van der Waals surface area contributed by atoms with Gasteiger partial charge in [0.2, 0.25) is 0 Å². The second-order valence-corrected chi connectivity index (χ2v) is 3.24. The molecule has 0 unspecified atom stereocenters. The molecule has 0 heterocycles. The summed E-state index contributed by atoms with van der Waals surface area (Å²) in [5.74, 6) is -1.24. The molecule has 1 nitrogen and oxygen atoms in total. The Balaban J connectivity index is 3.32. The van der Waals surface area contributed by atoms with E-state index < -0.39 is 11.6 Å². The summed E-state index contributed by atoms with van der Waals surface area (Å²) < 4.78 is 26.1. The summed E-state index contributed by atoms with van der Waals surface area (Å²) in [6.07, 6.45) is 0. The standard InChI is InChI=1S/C9H11F2NS/c1-12(2)9-6(5-13)3-4-7(10)8(9)11/h3-4,13H,5H2,1-2H3. The van der Waals surface area contributed by atoms with Gasteiger partial charge in [-0.1, -0.05) is 6.07 Å². The van der Waals surface area contributed by atoms with Crippen molar-refractivity contribution in [3.8, 4) is 0 Å². The molecule has 0 amide bonds. The van der Waals surface area contributed by atoms with E-state index in [4.69, 9.17) is 0 Å². The van der Waals surface area contributed by atoms with Crippen molar-refractivity contribution in [1.82, 2.24) is 0 Å². The first kappa shape index (κ1) is 10.3. The van der Waals surface area contributed by atoms with Crippen molar-refractivity contribution < 1.29 is 8.78 Å². The van der Waals surface area contributed by atoms with Gasteiger partial charge in [0.15, 0.2) is 11.6 Å². The summed E-state index contributed by atoms with van der Waals surface area (Å²) in [6, 6.07) is 2.66. The Hall–Kier alpha value is -0.770. The van der Waals surface area contributed by atoms with E-state index >= 15 is 0 Å². The minimum absolute atomic E-state index is 0.273. The van der Waals surface area contributed by atoms with E-state index in [1.807, 2.05) is 0 Å². The third kappa shape index (κ3) is 1.94. The lowest BCUT2D eigenvalue weighted by Gasteiger charge is -2.17. The van der Waals surface area contributed by atoms with Crippen LogP contribution in [0.2, 0.25) is 0 Å². The van der Waals surface area contributed by atoms with Crippen LogP contribution in [0.25, 0.3) is 0 Å². The lowest BCUT2D eigenvalue weighted by Crippen LogP contribution is -2.14. The first-order valence-corrected chi connectivity index (χ1v) is 4.46. The van der Waals surface area contributed by atoms with Gasteiger partial charge in [0, 0.05) is 19.8 Å². The van der Waals surface area contributed by atoms with Gasteiger partial charge in [-0.15, -0.1) is 0 Å². The molecule has 0 spiro atoms. The molecule has 0 saturated carbocycles. The van der Waals surface area contributed by atoms with Crippen LogP contribution in [0.3, 0.4) is 0 Å². The Morgan fingerprint density at radius 3 is 2.38 bits per heavy atom. The molecule has 0 aliphatic heterocycles. The second-order valence-electron chi connectivity index (χ2n) is 2.92. The van der Waals surface area contributed by atoms with Gasteiger partial charge in [0.1, 0.15) is 0 Å². The molecule has 0 bridgehead atoms. The Kier molecular flexibility index (Phi) is 3.14. The van der Waals surface area contributed by atoms with Crippen LogP contribution in [0.4, 0.5) is 14.5 Å². The van der Waals surface area contributed by atoms with E-state index in [0.717, 1.165) is 6.07 Å². The van der Waals surface area contributed by atoms with Crippen LogP contribution in [0.1, 0.15) is 5.56 Å². The molecular weight excluding hydrogens is 192 g/mol. The van der Waals surface area contributed by atoms with Gasteiger partial charge in [-0.3, -0.25) is 0 Å². The zero-order valence-electron chi connectivity index (χ0n) is 7.51. The lowest BCUT2D eigenvalue weighted by atomic mass is 10.1. The van der Waals surface area contributed by atoms with E-state index in [2.05, 4.69) is 12.6 Å². The van der Waals surface area contributed by atoms with Crippen LogP contribution in [0.5, 0.6) is 0 Å². The molecule has 0 atom stereocenters. The molecule has 0 radical (unpaired) electrons. The van der Waals surface area contributed by atoms with Crippen molar-refractivity contribution >= 4 is 18.3 Å². The molecule has 0 aromatic heterocycles. The minimum Gasteiger partial charge on any atom is -0.375 e. The van der Waals surface area contributed by atoms with Gasteiger partial charge < -0.3 is 4.90 Å². The zero-order chi connectivity index (χ0) is 10.0. The van der Waals surface area contributed by atoms with Crippen molar-refractivity contribution in [2.24, 2.45) is 0 Å². The van der Waals surface area contributed by atoms with Crippen molar-refractivity contribution in [2.45, 2.75) is 5.75 Å². The van der Waals surface area contributed by atoms with E-state index in [-0.39, 0.29) is 5.69 Å². The summed E-state index contributed by atoms with van der Waals surface area (Å²) in [6.45, 7) is 0. The largest absolute Gasteiger partial charge is 0.375 e. The second kappa shape index (κ2) is 3.96. The van der Waals surface area contributed by atoms with Gasteiger partial charge in [-0.25, -0.2) is 8.78 Å². The third-order valence-corrected chi connectivity index (χ3v) is 2.11. The number of benzene rings is 1. The molecule has 1 rings (SSSR count). The maximum absolute atomic E-state index is 13.2. The molecule has 0 aliphatic carbocycles. The predicted molar refractivity (Wildman–Crippen MR) is 53.4 cm³/mol. The normalized spacial score (nSPS) is 10.2. The highest BCUT2D eigenvalue weighted by Crippen LogP contribution is 2.25. The number of halogens is 2. The molecule has 0 N–H and O–H groups in total. The molecule has 13 heavy (non-hydrogen) atoms. The molecule has 0 aliphatic rings. The molecule has 1 aromatic rings. The van der Waals surface area contributed by atoms with Crippen LogP contribution in [-0.2, 0) is 5.75 Å². The van der Waals surface area contributed by atoms with Gasteiger partial charge in [-0.2, -0.15) is 12.6 Å². The van der Waals surface area contributed by atoms with Crippen LogP contribution < -0.4 is 4.90 Å². The maximum Gasteiger partial charge on any atom is 0.182 e. The Morgan fingerprint density at radius 1 is 1.31 bits per heavy atom. The fourth-order valence-corrected chi connectivity index (χ4v) is 1.45. The average Bonchev–Trinajstić information content (AvgIpc) is 2.08. The highest BCUT2D eigenvalue weighted by atomic mass is 32.1. The first-order valence-electron chi connectivity index (χ1n) is 3.83. The van der Waals surface area contributed by atoms with Crippen LogP contribution in [-0.4, -0.2) is 14.1 Å². The Labute approximate surface area is 81.8 Å². The molecule has 0 saturated heterocycles. The fraction of sp³-hybridized carbons (Fsp3) is 0.333. The fourth-order valence-electron chi connectivity index (χ4n) is 1.19. The zero-order valence-corrected chi connectivity index (χ0v) is 8.41. The first-order chi connectivity index (χ1) is 6.07. The van der Waals surface area contributed by atoms with Gasteiger partial charge >= 0.3 is 0 Å². The van der Waals surface area contributed by atoms with Crippen LogP contribution >= 0.6 is 12.6 Å². The third-order valence-electron chi connectivity index (χ3n) is 1.77. The minimum atomic E-state index is -0.825. The van der Waals surface area contributed by atoms with Crippen LogP contribution in [0, 0.1) is 11.6 Å². The summed E-state index contributed by atoms with van der Waals surface area (Å²) in [5.41, 5.74) is 0.960. The molecule has 72 valence electrons. The number of hydrogen-bond donors (Lipinski definition) is 1. The summed E-state index contributed by atoms with van der Waals surface area (Å²) >= 11 is 4.04. The molecule has 4 heteroatoms. The van der Waals surface area contributed by atoms with E-state index in [9.17, 15) is 8.78 Å². The van der Waals surface area contributed by atoms with Crippen molar-refractivity contribution in [2.75, 3.05) is 19.0 Å². The van der Waals surface area contributed by atoms with Crippen molar-refractivity contribution in [3.63, 3.8) is 0 Å². The number of rotatable bonds is 2. The van der Waals surface area contributed by atoms with Gasteiger partial charge in [-0.05, 0) is 11.6 Å². The van der Waals surface area contributed by atoms with Crippen molar-refractivity contribution in [3.05, 3.63) is 29.3 Å². The number of nitrogens with zero attached hydrogens (tertiary/aromatic N) is 1. The van der Waals surface area contributed by atoms with E-state index in [0.29, 0.717) is 11.3 Å². The average molecular weight is 203 g/mol. The number of hydrogen-bond acceptors (Lipinski definition) is 2. The van der Waals surface area contributed by atoms with Gasteiger partial charge in [0.05, 0.1) is 5.69 Å². The van der Waals surface area contributed by atoms with Gasteiger partial charge in [0.25, 0.3) is 0 Å². The molecule has 0 fully saturated rings. The number of thiol groups is 1. The molecular formula is C9H11F2NS. The highest BCUT2D eigenvalue weighted by Gasteiger charge is 2.13. The monoisotopic (exact) mass is 203 g/mol. The summed E-state index contributed by atoms with van der Waals surface area (Å²) in [7, 11) is 3.34. The van der Waals surface area contributed by atoms with E-state index in [1.165, 1.54) is 0 Å².